The number of ether oxygens (including phenoxy) is 1. The largest absolute Gasteiger partial charge is 0.485 e. The fraction of sp³-hybridized carbons (Fsp3) is 0.286. The van der Waals surface area contributed by atoms with Gasteiger partial charge in [-0.05, 0) is 30.3 Å². The van der Waals surface area contributed by atoms with Gasteiger partial charge < -0.3 is 10.1 Å². The highest BCUT2D eigenvalue weighted by atomic mass is 19.1. The molecule has 0 atom stereocenters. The standard InChI is InChI=1S/C14H16FN3O/c1-2-16-9-11-6-12(15)8-13(7-11)19-10-14-17-4-3-5-18-14/h3-8,16H,2,9-10H2,1H3. The van der Waals surface area contributed by atoms with Crippen LogP contribution in [0.1, 0.15) is 18.3 Å². The molecule has 2 aromatic rings. The van der Waals surface area contributed by atoms with Crippen molar-refractivity contribution in [1.29, 1.82) is 0 Å². The molecule has 0 saturated heterocycles. The summed E-state index contributed by atoms with van der Waals surface area (Å²) in [7, 11) is 0. The number of halogens is 1. The Hall–Kier alpha value is -2.01. The third-order valence-electron chi connectivity index (χ3n) is 2.50. The Kier molecular flexibility index (Phi) is 4.80. The van der Waals surface area contributed by atoms with Crippen LogP contribution in [0.15, 0.2) is 36.7 Å². The molecule has 0 aliphatic heterocycles. The van der Waals surface area contributed by atoms with E-state index in [4.69, 9.17) is 4.74 Å². The summed E-state index contributed by atoms with van der Waals surface area (Å²) < 4.78 is 18.9. The maximum absolute atomic E-state index is 13.4. The highest BCUT2D eigenvalue weighted by Crippen LogP contribution is 2.17. The Bertz CT molecular complexity index is 519. The second kappa shape index (κ2) is 6.80. The lowest BCUT2D eigenvalue weighted by molar-refractivity contribution is 0.294. The summed E-state index contributed by atoms with van der Waals surface area (Å²) in [5.74, 6) is 0.750. The van der Waals surface area contributed by atoms with Crippen LogP contribution in [0.25, 0.3) is 0 Å². The fourth-order valence-electron chi connectivity index (χ4n) is 1.63. The molecule has 0 saturated carbocycles. The van der Waals surface area contributed by atoms with Crippen molar-refractivity contribution >= 4 is 0 Å². The lowest BCUT2D eigenvalue weighted by atomic mass is 10.2. The molecule has 0 spiro atoms. The van der Waals surface area contributed by atoms with Crippen molar-refractivity contribution < 1.29 is 9.13 Å². The van der Waals surface area contributed by atoms with Crippen LogP contribution in [0.2, 0.25) is 0 Å². The van der Waals surface area contributed by atoms with Crippen LogP contribution in [-0.2, 0) is 13.2 Å². The molecule has 5 heteroatoms. The minimum absolute atomic E-state index is 0.227. The fourth-order valence-corrected chi connectivity index (χ4v) is 1.63. The van der Waals surface area contributed by atoms with E-state index in [0.29, 0.717) is 18.1 Å². The number of rotatable bonds is 6. The zero-order valence-corrected chi connectivity index (χ0v) is 10.8. The Labute approximate surface area is 111 Å². The van der Waals surface area contributed by atoms with Gasteiger partial charge in [-0.3, -0.25) is 0 Å². The first-order valence-electron chi connectivity index (χ1n) is 6.17. The number of nitrogens with zero attached hydrogens (tertiary/aromatic N) is 2. The van der Waals surface area contributed by atoms with E-state index in [1.165, 1.54) is 12.1 Å². The molecule has 0 radical (unpaired) electrons. The number of benzene rings is 1. The topological polar surface area (TPSA) is 47.0 Å². The van der Waals surface area contributed by atoms with E-state index in [1.54, 1.807) is 18.5 Å². The maximum atomic E-state index is 13.4. The molecular weight excluding hydrogens is 245 g/mol. The molecule has 19 heavy (non-hydrogen) atoms. The third-order valence-corrected chi connectivity index (χ3v) is 2.50. The first-order chi connectivity index (χ1) is 9.28. The molecule has 2 rings (SSSR count). The minimum atomic E-state index is -0.306. The molecule has 0 aliphatic rings. The van der Waals surface area contributed by atoms with Gasteiger partial charge in [0.05, 0.1) is 0 Å². The Balaban J connectivity index is 2.01. The van der Waals surface area contributed by atoms with E-state index < -0.39 is 0 Å². The van der Waals surface area contributed by atoms with E-state index in [2.05, 4.69) is 15.3 Å². The number of hydrogen-bond donors (Lipinski definition) is 1. The van der Waals surface area contributed by atoms with Gasteiger partial charge in [-0.1, -0.05) is 6.92 Å². The molecule has 4 nitrogen and oxygen atoms in total. The van der Waals surface area contributed by atoms with Gasteiger partial charge in [0.1, 0.15) is 18.2 Å². The van der Waals surface area contributed by atoms with Crippen molar-refractivity contribution in [2.24, 2.45) is 0 Å². The predicted molar refractivity (Wildman–Crippen MR) is 70.1 cm³/mol. The highest BCUT2D eigenvalue weighted by molar-refractivity contribution is 5.29. The summed E-state index contributed by atoms with van der Waals surface area (Å²) in [5.41, 5.74) is 0.853. The summed E-state index contributed by atoms with van der Waals surface area (Å²) in [6, 6.07) is 6.40. The summed E-state index contributed by atoms with van der Waals surface area (Å²) in [4.78, 5) is 8.09. The van der Waals surface area contributed by atoms with Crippen molar-refractivity contribution in [1.82, 2.24) is 15.3 Å². The van der Waals surface area contributed by atoms with Crippen molar-refractivity contribution in [3.8, 4) is 5.75 Å². The molecule has 0 unspecified atom stereocenters. The van der Waals surface area contributed by atoms with E-state index in [9.17, 15) is 4.39 Å². The molecule has 1 N–H and O–H groups in total. The molecule has 1 aromatic heterocycles. The van der Waals surface area contributed by atoms with Crippen molar-refractivity contribution in [3.05, 3.63) is 53.9 Å². The number of nitrogens with one attached hydrogen (secondary N) is 1. The van der Waals surface area contributed by atoms with Crippen molar-refractivity contribution in [2.75, 3.05) is 6.54 Å². The van der Waals surface area contributed by atoms with Crippen LogP contribution >= 0.6 is 0 Å². The lowest BCUT2D eigenvalue weighted by Crippen LogP contribution is -2.12. The molecule has 0 fully saturated rings. The average Bonchev–Trinajstić information content (AvgIpc) is 2.43. The monoisotopic (exact) mass is 261 g/mol. The molecule has 0 bridgehead atoms. The zero-order chi connectivity index (χ0) is 13.5. The third kappa shape index (κ3) is 4.30. The Morgan fingerprint density at radius 1 is 1.21 bits per heavy atom. The SMILES string of the molecule is CCNCc1cc(F)cc(OCc2ncccn2)c1. The summed E-state index contributed by atoms with van der Waals surface area (Å²) in [5, 5.41) is 3.15. The van der Waals surface area contributed by atoms with Gasteiger partial charge in [-0.15, -0.1) is 0 Å². The number of hydrogen-bond acceptors (Lipinski definition) is 4. The highest BCUT2D eigenvalue weighted by Gasteiger charge is 2.03. The van der Waals surface area contributed by atoms with Gasteiger partial charge in [0, 0.05) is 25.0 Å². The summed E-state index contributed by atoms with van der Waals surface area (Å²) >= 11 is 0. The summed E-state index contributed by atoms with van der Waals surface area (Å²) in [6.45, 7) is 3.69. The lowest BCUT2D eigenvalue weighted by Gasteiger charge is -2.08. The van der Waals surface area contributed by atoms with E-state index in [1.807, 2.05) is 13.0 Å². The summed E-state index contributed by atoms with van der Waals surface area (Å²) in [6.07, 6.45) is 3.29. The Morgan fingerprint density at radius 2 is 2.00 bits per heavy atom. The second-order valence-electron chi connectivity index (χ2n) is 4.03. The predicted octanol–water partition coefficient (Wildman–Crippen LogP) is 2.30. The van der Waals surface area contributed by atoms with Crippen LogP contribution in [0, 0.1) is 5.82 Å². The van der Waals surface area contributed by atoms with Gasteiger partial charge in [-0.2, -0.15) is 0 Å². The van der Waals surface area contributed by atoms with E-state index in [-0.39, 0.29) is 12.4 Å². The van der Waals surface area contributed by atoms with Crippen LogP contribution in [-0.4, -0.2) is 16.5 Å². The quantitative estimate of drug-likeness (QED) is 0.866. The van der Waals surface area contributed by atoms with E-state index in [0.717, 1.165) is 12.1 Å². The molecule has 0 aliphatic carbocycles. The van der Waals surface area contributed by atoms with E-state index >= 15 is 0 Å². The second-order valence-corrected chi connectivity index (χ2v) is 4.03. The van der Waals surface area contributed by atoms with Gasteiger partial charge >= 0.3 is 0 Å². The first-order valence-corrected chi connectivity index (χ1v) is 6.17. The van der Waals surface area contributed by atoms with Crippen molar-refractivity contribution in [2.45, 2.75) is 20.1 Å². The molecule has 1 heterocycles. The minimum Gasteiger partial charge on any atom is -0.485 e. The van der Waals surface area contributed by atoms with Gasteiger partial charge in [-0.25, -0.2) is 14.4 Å². The normalized spacial score (nSPS) is 10.4. The smallest absolute Gasteiger partial charge is 0.166 e. The molecule has 0 amide bonds. The zero-order valence-electron chi connectivity index (χ0n) is 10.8. The van der Waals surface area contributed by atoms with Crippen LogP contribution < -0.4 is 10.1 Å². The molecule has 100 valence electrons. The van der Waals surface area contributed by atoms with Crippen LogP contribution in [0.5, 0.6) is 5.75 Å². The number of aromatic nitrogens is 2. The maximum Gasteiger partial charge on any atom is 0.166 e. The Morgan fingerprint density at radius 3 is 2.74 bits per heavy atom. The molecule has 1 aromatic carbocycles. The van der Waals surface area contributed by atoms with Gasteiger partial charge in [0.15, 0.2) is 5.82 Å². The average molecular weight is 261 g/mol. The van der Waals surface area contributed by atoms with Crippen LogP contribution in [0.3, 0.4) is 0 Å². The first kappa shape index (κ1) is 13.4. The van der Waals surface area contributed by atoms with Crippen molar-refractivity contribution in [3.63, 3.8) is 0 Å². The van der Waals surface area contributed by atoms with Gasteiger partial charge in [0.2, 0.25) is 0 Å². The van der Waals surface area contributed by atoms with Crippen LogP contribution in [0.4, 0.5) is 4.39 Å². The van der Waals surface area contributed by atoms with Gasteiger partial charge in [0.25, 0.3) is 0 Å². The molecular formula is C14H16FN3O.